The second kappa shape index (κ2) is 6.45. The molecule has 4 heteroatoms. The number of nitrogens with zero attached hydrogens (tertiary/aromatic N) is 1. The molecule has 0 aromatic carbocycles. The molecule has 122 valence electrons. The van der Waals surface area contributed by atoms with Crippen LogP contribution in [0.1, 0.15) is 57.5 Å². The van der Waals surface area contributed by atoms with Gasteiger partial charge in [-0.3, -0.25) is 4.79 Å². The minimum absolute atomic E-state index is 0.107. The van der Waals surface area contributed by atoms with E-state index in [-0.39, 0.29) is 11.8 Å². The number of nitrogens with one attached hydrogen (secondary N) is 1. The number of rotatable bonds is 5. The topological polar surface area (TPSA) is 45.5 Å². The number of furan rings is 1. The van der Waals surface area contributed by atoms with Gasteiger partial charge in [0.25, 0.3) is 0 Å². The van der Waals surface area contributed by atoms with Gasteiger partial charge in [-0.15, -0.1) is 0 Å². The second-order valence-corrected chi connectivity index (χ2v) is 7.26. The summed E-state index contributed by atoms with van der Waals surface area (Å²) in [6, 6.07) is 4.73. The van der Waals surface area contributed by atoms with Crippen LogP contribution in [-0.4, -0.2) is 29.9 Å². The van der Waals surface area contributed by atoms with Crippen LogP contribution in [-0.2, 0) is 11.3 Å². The van der Waals surface area contributed by atoms with E-state index in [0.29, 0.717) is 12.0 Å². The van der Waals surface area contributed by atoms with Crippen LogP contribution in [0, 0.1) is 11.8 Å². The van der Waals surface area contributed by atoms with Crippen molar-refractivity contribution in [1.29, 1.82) is 0 Å². The van der Waals surface area contributed by atoms with Gasteiger partial charge in [0, 0.05) is 31.0 Å². The third kappa shape index (κ3) is 3.54. The van der Waals surface area contributed by atoms with Crippen molar-refractivity contribution in [2.24, 2.45) is 11.8 Å². The van der Waals surface area contributed by atoms with Gasteiger partial charge in [0.1, 0.15) is 11.5 Å². The smallest absolute Gasteiger partial charge is 0.225 e. The standard InChI is InChI=1S/C18H28N2O2/c1-12(2)18(21)20-8-6-14(7-9-20)19-11-15-4-5-17(22-15)16-10-13(16)3/h4-5,12-14,16,19H,6-11H2,1-3H3. The van der Waals surface area contributed by atoms with Gasteiger partial charge in [-0.05, 0) is 37.3 Å². The number of likely N-dealkylation sites (tertiary alicyclic amines) is 1. The molecule has 2 aliphatic rings. The van der Waals surface area contributed by atoms with E-state index < -0.39 is 0 Å². The van der Waals surface area contributed by atoms with Crippen molar-refractivity contribution < 1.29 is 9.21 Å². The number of carbonyl (C=O) groups excluding carboxylic acids is 1. The minimum Gasteiger partial charge on any atom is -0.464 e. The molecule has 22 heavy (non-hydrogen) atoms. The Morgan fingerprint density at radius 3 is 2.64 bits per heavy atom. The first-order chi connectivity index (χ1) is 10.5. The molecule has 1 aromatic heterocycles. The molecule has 1 amide bonds. The molecule has 0 spiro atoms. The zero-order chi connectivity index (χ0) is 15.7. The largest absolute Gasteiger partial charge is 0.464 e. The lowest BCUT2D eigenvalue weighted by Gasteiger charge is -2.33. The van der Waals surface area contributed by atoms with Crippen molar-refractivity contribution in [3.63, 3.8) is 0 Å². The summed E-state index contributed by atoms with van der Waals surface area (Å²) in [5.41, 5.74) is 0. The molecule has 1 N–H and O–H groups in total. The quantitative estimate of drug-likeness (QED) is 0.909. The molecular weight excluding hydrogens is 276 g/mol. The maximum absolute atomic E-state index is 12.0. The summed E-state index contributed by atoms with van der Waals surface area (Å²) in [4.78, 5) is 14.0. The van der Waals surface area contributed by atoms with E-state index in [9.17, 15) is 4.79 Å². The number of hydrogen-bond donors (Lipinski definition) is 1. The fourth-order valence-electron chi connectivity index (χ4n) is 3.32. The van der Waals surface area contributed by atoms with Gasteiger partial charge in [0.15, 0.2) is 0 Å². The first-order valence-electron chi connectivity index (χ1n) is 8.65. The Kier molecular flexibility index (Phi) is 4.57. The van der Waals surface area contributed by atoms with E-state index in [4.69, 9.17) is 4.42 Å². The summed E-state index contributed by atoms with van der Waals surface area (Å²) >= 11 is 0. The number of carbonyl (C=O) groups is 1. The molecule has 4 nitrogen and oxygen atoms in total. The highest BCUT2D eigenvalue weighted by atomic mass is 16.3. The summed E-state index contributed by atoms with van der Waals surface area (Å²) in [7, 11) is 0. The maximum Gasteiger partial charge on any atom is 0.225 e. The van der Waals surface area contributed by atoms with Crippen LogP contribution in [0.3, 0.4) is 0 Å². The summed E-state index contributed by atoms with van der Waals surface area (Å²) in [6.07, 6.45) is 3.33. The van der Waals surface area contributed by atoms with Crippen LogP contribution >= 0.6 is 0 Å². The molecule has 2 heterocycles. The first kappa shape index (κ1) is 15.6. The summed E-state index contributed by atoms with van der Waals surface area (Å²) in [6.45, 7) is 8.76. The van der Waals surface area contributed by atoms with E-state index in [2.05, 4.69) is 24.4 Å². The molecule has 2 unspecified atom stereocenters. The zero-order valence-corrected chi connectivity index (χ0v) is 14.0. The summed E-state index contributed by atoms with van der Waals surface area (Å²) in [5, 5.41) is 3.58. The normalized spacial score (nSPS) is 25.7. The SMILES string of the molecule is CC(C)C(=O)N1CCC(NCc2ccc(C3CC3C)o2)CC1. The van der Waals surface area contributed by atoms with Crippen molar-refractivity contribution in [3.8, 4) is 0 Å². The first-order valence-corrected chi connectivity index (χ1v) is 8.65. The van der Waals surface area contributed by atoms with Crippen LogP contribution in [0.5, 0.6) is 0 Å². The summed E-state index contributed by atoms with van der Waals surface area (Å²) < 4.78 is 5.93. The van der Waals surface area contributed by atoms with E-state index in [0.717, 1.165) is 49.9 Å². The van der Waals surface area contributed by atoms with Crippen LogP contribution in [0.2, 0.25) is 0 Å². The van der Waals surface area contributed by atoms with Crippen molar-refractivity contribution in [2.75, 3.05) is 13.1 Å². The minimum atomic E-state index is 0.107. The van der Waals surface area contributed by atoms with E-state index >= 15 is 0 Å². The molecule has 1 aliphatic carbocycles. The van der Waals surface area contributed by atoms with Gasteiger partial charge in [-0.1, -0.05) is 20.8 Å². The van der Waals surface area contributed by atoms with E-state index in [1.807, 2.05) is 18.7 Å². The Balaban J connectivity index is 1.41. The lowest BCUT2D eigenvalue weighted by atomic mass is 10.0. The average molecular weight is 304 g/mol. The van der Waals surface area contributed by atoms with Crippen LogP contribution < -0.4 is 5.32 Å². The van der Waals surface area contributed by atoms with E-state index in [1.54, 1.807) is 0 Å². The highest BCUT2D eigenvalue weighted by Gasteiger charge is 2.36. The van der Waals surface area contributed by atoms with Crippen LogP contribution in [0.15, 0.2) is 16.5 Å². The third-order valence-electron chi connectivity index (χ3n) is 5.02. The Hall–Kier alpha value is -1.29. The molecule has 1 saturated carbocycles. The Morgan fingerprint density at radius 2 is 2.05 bits per heavy atom. The molecule has 1 aliphatic heterocycles. The van der Waals surface area contributed by atoms with E-state index in [1.165, 1.54) is 6.42 Å². The summed E-state index contributed by atoms with van der Waals surface area (Å²) in [5.74, 6) is 4.02. The highest BCUT2D eigenvalue weighted by molar-refractivity contribution is 5.78. The van der Waals surface area contributed by atoms with Gasteiger partial charge >= 0.3 is 0 Å². The lowest BCUT2D eigenvalue weighted by molar-refractivity contribution is -0.135. The van der Waals surface area contributed by atoms with Gasteiger partial charge in [-0.25, -0.2) is 0 Å². The second-order valence-electron chi connectivity index (χ2n) is 7.26. The van der Waals surface area contributed by atoms with Gasteiger partial charge in [0.05, 0.1) is 6.54 Å². The van der Waals surface area contributed by atoms with Crippen LogP contribution in [0.4, 0.5) is 0 Å². The molecule has 2 fully saturated rings. The number of hydrogen-bond acceptors (Lipinski definition) is 3. The van der Waals surface area contributed by atoms with Gasteiger partial charge in [0.2, 0.25) is 5.91 Å². The van der Waals surface area contributed by atoms with Gasteiger partial charge < -0.3 is 14.6 Å². The molecular formula is C18H28N2O2. The number of amides is 1. The predicted molar refractivity (Wildman–Crippen MR) is 86.5 cm³/mol. The molecule has 3 rings (SSSR count). The predicted octanol–water partition coefficient (Wildman–Crippen LogP) is 3.14. The molecule has 1 aromatic rings. The Morgan fingerprint density at radius 1 is 1.36 bits per heavy atom. The van der Waals surface area contributed by atoms with Crippen LogP contribution in [0.25, 0.3) is 0 Å². The monoisotopic (exact) mass is 304 g/mol. The van der Waals surface area contributed by atoms with Gasteiger partial charge in [-0.2, -0.15) is 0 Å². The fraction of sp³-hybridized carbons (Fsp3) is 0.722. The molecule has 1 saturated heterocycles. The van der Waals surface area contributed by atoms with Crippen molar-refractivity contribution >= 4 is 5.91 Å². The van der Waals surface area contributed by atoms with Crippen molar-refractivity contribution in [3.05, 3.63) is 23.7 Å². The molecule has 0 radical (unpaired) electrons. The fourth-order valence-corrected chi connectivity index (χ4v) is 3.32. The molecule has 2 atom stereocenters. The highest BCUT2D eigenvalue weighted by Crippen LogP contribution is 2.47. The number of piperidine rings is 1. The van der Waals surface area contributed by atoms with Crippen molar-refractivity contribution in [2.45, 2.75) is 58.5 Å². The Bertz CT molecular complexity index is 515. The Labute approximate surface area is 133 Å². The zero-order valence-electron chi connectivity index (χ0n) is 14.0. The van der Waals surface area contributed by atoms with Crippen molar-refractivity contribution in [1.82, 2.24) is 10.2 Å². The molecule has 0 bridgehead atoms. The lowest BCUT2D eigenvalue weighted by Crippen LogP contribution is -2.45. The third-order valence-corrected chi connectivity index (χ3v) is 5.02. The maximum atomic E-state index is 12.0. The average Bonchev–Trinajstić information content (AvgIpc) is 3.06.